The van der Waals surface area contributed by atoms with Crippen LogP contribution in [0.4, 0.5) is 0 Å². The molecule has 0 aliphatic carbocycles. The summed E-state index contributed by atoms with van der Waals surface area (Å²) in [5.74, 6) is 0. The van der Waals surface area contributed by atoms with E-state index in [1.54, 1.807) is 6.20 Å². The number of pyridine rings is 1. The second-order valence-corrected chi connectivity index (χ2v) is 4.48. The van der Waals surface area contributed by atoms with Crippen molar-refractivity contribution in [3.63, 3.8) is 0 Å². The fraction of sp³-hybridized carbons (Fsp3) is 0.444. The molecule has 1 atom stereocenters. The lowest BCUT2D eigenvalue weighted by Gasteiger charge is -2.25. The summed E-state index contributed by atoms with van der Waals surface area (Å²) in [6.07, 6.45) is 1.74. The summed E-state index contributed by atoms with van der Waals surface area (Å²) in [5.41, 5.74) is 1.16. The minimum atomic E-state index is 0.318. The molecule has 0 bridgehead atoms. The molecular formula is C9H11BrClN3. The number of piperazine rings is 1. The van der Waals surface area contributed by atoms with Crippen LogP contribution in [0, 0.1) is 0 Å². The van der Waals surface area contributed by atoms with Crippen LogP contribution in [0.15, 0.2) is 16.7 Å². The van der Waals surface area contributed by atoms with Crippen LogP contribution in [0.1, 0.15) is 11.6 Å². The summed E-state index contributed by atoms with van der Waals surface area (Å²) in [7, 11) is 0. The van der Waals surface area contributed by atoms with Crippen molar-refractivity contribution < 1.29 is 0 Å². The van der Waals surface area contributed by atoms with Crippen molar-refractivity contribution in [3.05, 3.63) is 27.5 Å². The van der Waals surface area contributed by atoms with Gasteiger partial charge in [-0.15, -0.1) is 0 Å². The van der Waals surface area contributed by atoms with Gasteiger partial charge in [-0.2, -0.15) is 0 Å². The molecule has 1 aliphatic rings. The molecule has 0 aromatic carbocycles. The van der Waals surface area contributed by atoms with E-state index in [1.807, 2.05) is 6.07 Å². The highest BCUT2D eigenvalue weighted by molar-refractivity contribution is 9.10. The van der Waals surface area contributed by atoms with Gasteiger partial charge in [0.25, 0.3) is 0 Å². The zero-order valence-electron chi connectivity index (χ0n) is 7.56. The standard InChI is InChI=1S/C9H11BrClN3/c10-7-4-14-9(11)3-6(7)8-5-12-1-2-13-8/h3-4,8,12-13H,1-2,5H2. The molecular weight excluding hydrogens is 265 g/mol. The largest absolute Gasteiger partial charge is 0.314 e. The summed E-state index contributed by atoms with van der Waals surface area (Å²) in [5, 5.41) is 7.30. The third kappa shape index (κ3) is 2.25. The van der Waals surface area contributed by atoms with E-state index in [2.05, 4.69) is 31.5 Å². The summed E-state index contributed by atoms with van der Waals surface area (Å²) in [6.45, 7) is 2.93. The maximum absolute atomic E-state index is 5.86. The lowest BCUT2D eigenvalue weighted by molar-refractivity contribution is 0.429. The fourth-order valence-electron chi connectivity index (χ4n) is 1.57. The van der Waals surface area contributed by atoms with E-state index in [4.69, 9.17) is 11.6 Å². The summed E-state index contributed by atoms with van der Waals surface area (Å²) in [6, 6.07) is 2.22. The molecule has 0 saturated carbocycles. The topological polar surface area (TPSA) is 37.0 Å². The molecule has 1 aromatic rings. The lowest BCUT2D eigenvalue weighted by atomic mass is 10.1. The van der Waals surface area contributed by atoms with Crippen LogP contribution in [0.25, 0.3) is 0 Å². The van der Waals surface area contributed by atoms with Gasteiger partial charge in [0.2, 0.25) is 0 Å². The first kappa shape index (κ1) is 10.4. The number of nitrogens with zero attached hydrogens (tertiary/aromatic N) is 1. The predicted octanol–water partition coefficient (Wildman–Crippen LogP) is 1.73. The highest BCUT2D eigenvalue weighted by Crippen LogP contribution is 2.25. The van der Waals surface area contributed by atoms with E-state index in [-0.39, 0.29) is 0 Å². The Kier molecular flexibility index (Phi) is 3.38. The van der Waals surface area contributed by atoms with Gasteiger partial charge in [0, 0.05) is 36.3 Å². The maximum Gasteiger partial charge on any atom is 0.129 e. The Morgan fingerprint density at radius 2 is 2.36 bits per heavy atom. The SMILES string of the molecule is Clc1cc(C2CNCCN2)c(Br)cn1. The highest BCUT2D eigenvalue weighted by Gasteiger charge is 2.17. The van der Waals surface area contributed by atoms with Crippen molar-refractivity contribution in [1.82, 2.24) is 15.6 Å². The van der Waals surface area contributed by atoms with E-state index < -0.39 is 0 Å². The highest BCUT2D eigenvalue weighted by atomic mass is 79.9. The molecule has 76 valence electrons. The number of nitrogens with one attached hydrogen (secondary N) is 2. The molecule has 0 radical (unpaired) electrons. The molecule has 1 aliphatic heterocycles. The van der Waals surface area contributed by atoms with Crippen LogP contribution >= 0.6 is 27.5 Å². The van der Waals surface area contributed by atoms with Gasteiger partial charge in [-0.1, -0.05) is 11.6 Å². The quantitative estimate of drug-likeness (QED) is 0.767. The monoisotopic (exact) mass is 275 g/mol. The normalized spacial score (nSPS) is 22.3. The molecule has 5 heteroatoms. The Hall–Kier alpha value is -0.160. The molecule has 3 nitrogen and oxygen atoms in total. The van der Waals surface area contributed by atoms with Gasteiger partial charge in [0.05, 0.1) is 0 Å². The number of halogens is 2. The van der Waals surface area contributed by atoms with Crippen molar-refractivity contribution in [2.45, 2.75) is 6.04 Å². The molecule has 0 amide bonds. The Morgan fingerprint density at radius 3 is 3.07 bits per heavy atom. The van der Waals surface area contributed by atoms with Crippen LogP contribution in [-0.4, -0.2) is 24.6 Å². The van der Waals surface area contributed by atoms with Crippen LogP contribution < -0.4 is 10.6 Å². The number of hydrogen-bond donors (Lipinski definition) is 2. The van der Waals surface area contributed by atoms with Crippen molar-refractivity contribution in [3.8, 4) is 0 Å². The predicted molar refractivity (Wildman–Crippen MR) is 60.6 cm³/mol. The summed E-state index contributed by atoms with van der Waals surface area (Å²) >= 11 is 9.33. The van der Waals surface area contributed by atoms with Gasteiger partial charge < -0.3 is 10.6 Å². The lowest BCUT2D eigenvalue weighted by Crippen LogP contribution is -2.42. The number of aromatic nitrogens is 1. The van der Waals surface area contributed by atoms with Crippen LogP contribution in [0.2, 0.25) is 5.15 Å². The molecule has 1 aromatic heterocycles. The zero-order chi connectivity index (χ0) is 9.97. The van der Waals surface area contributed by atoms with E-state index in [0.717, 1.165) is 29.7 Å². The summed E-state index contributed by atoms with van der Waals surface area (Å²) in [4.78, 5) is 4.00. The van der Waals surface area contributed by atoms with E-state index in [9.17, 15) is 0 Å². The van der Waals surface area contributed by atoms with Crippen molar-refractivity contribution in [1.29, 1.82) is 0 Å². The maximum atomic E-state index is 5.86. The van der Waals surface area contributed by atoms with Gasteiger partial charge in [-0.05, 0) is 27.6 Å². The average Bonchev–Trinajstić information content (AvgIpc) is 2.23. The molecule has 0 spiro atoms. The second-order valence-electron chi connectivity index (χ2n) is 3.24. The number of hydrogen-bond acceptors (Lipinski definition) is 3. The van der Waals surface area contributed by atoms with E-state index >= 15 is 0 Å². The minimum absolute atomic E-state index is 0.318. The first-order valence-electron chi connectivity index (χ1n) is 4.52. The Balaban J connectivity index is 2.24. The minimum Gasteiger partial charge on any atom is -0.314 e. The van der Waals surface area contributed by atoms with Crippen LogP contribution in [0.3, 0.4) is 0 Å². The van der Waals surface area contributed by atoms with Gasteiger partial charge in [-0.25, -0.2) is 4.98 Å². The Morgan fingerprint density at radius 1 is 1.50 bits per heavy atom. The smallest absolute Gasteiger partial charge is 0.129 e. The molecule has 2 N–H and O–H groups in total. The van der Waals surface area contributed by atoms with Gasteiger partial charge >= 0.3 is 0 Å². The van der Waals surface area contributed by atoms with Crippen molar-refractivity contribution in [2.24, 2.45) is 0 Å². The van der Waals surface area contributed by atoms with Gasteiger partial charge in [0.1, 0.15) is 5.15 Å². The second kappa shape index (κ2) is 4.57. The van der Waals surface area contributed by atoms with Gasteiger partial charge in [0.15, 0.2) is 0 Å². The fourth-order valence-corrected chi connectivity index (χ4v) is 2.23. The number of rotatable bonds is 1. The average molecular weight is 277 g/mol. The Bertz CT molecular complexity index is 326. The summed E-state index contributed by atoms with van der Waals surface area (Å²) < 4.78 is 1.00. The molecule has 1 unspecified atom stereocenters. The molecule has 2 heterocycles. The van der Waals surface area contributed by atoms with Crippen molar-refractivity contribution in [2.75, 3.05) is 19.6 Å². The van der Waals surface area contributed by atoms with E-state index in [0.29, 0.717) is 11.2 Å². The van der Waals surface area contributed by atoms with Crippen LogP contribution in [-0.2, 0) is 0 Å². The van der Waals surface area contributed by atoms with Crippen LogP contribution in [0.5, 0.6) is 0 Å². The Labute approximate surface area is 96.4 Å². The first-order valence-corrected chi connectivity index (χ1v) is 5.69. The first-order chi connectivity index (χ1) is 6.77. The third-order valence-corrected chi connectivity index (χ3v) is 3.14. The van der Waals surface area contributed by atoms with Crippen molar-refractivity contribution >= 4 is 27.5 Å². The third-order valence-electron chi connectivity index (χ3n) is 2.27. The molecule has 14 heavy (non-hydrogen) atoms. The molecule has 2 rings (SSSR count). The molecule has 1 fully saturated rings. The van der Waals surface area contributed by atoms with E-state index in [1.165, 1.54) is 0 Å². The zero-order valence-corrected chi connectivity index (χ0v) is 9.90. The molecule has 1 saturated heterocycles. The van der Waals surface area contributed by atoms with Gasteiger partial charge in [-0.3, -0.25) is 0 Å².